The van der Waals surface area contributed by atoms with Gasteiger partial charge in [-0.15, -0.1) is 0 Å². The molecule has 6 heteroatoms. The fraction of sp³-hybridized carbons (Fsp3) is 0.429. The van der Waals surface area contributed by atoms with E-state index in [1.807, 2.05) is 16.9 Å². The summed E-state index contributed by atoms with van der Waals surface area (Å²) in [4.78, 5) is 9.88. The highest BCUT2D eigenvalue weighted by atomic mass is 15.3. The minimum Gasteiger partial charge on any atom is -0.357 e. The van der Waals surface area contributed by atoms with Gasteiger partial charge in [0.2, 0.25) is 0 Å². The van der Waals surface area contributed by atoms with Gasteiger partial charge in [-0.3, -0.25) is 4.90 Å². The summed E-state index contributed by atoms with van der Waals surface area (Å²) >= 11 is 0. The Morgan fingerprint density at radius 1 is 1.26 bits per heavy atom. The molecule has 0 bridgehead atoms. The van der Waals surface area contributed by atoms with E-state index in [-0.39, 0.29) is 0 Å². The summed E-state index contributed by atoms with van der Waals surface area (Å²) in [6.07, 6.45) is 9.52. The van der Waals surface area contributed by atoms with Crippen molar-refractivity contribution in [3.8, 4) is 5.69 Å². The largest absolute Gasteiger partial charge is 0.357 e. The number of nitrogens with one attached hydrogen (secondary N) is 1. The van der Waals surface area contributed by atoms with E-state index in [0.717, 1.165) is 44.4 Å². The molecule has 1 N–H and O–H groups in total. The molecular weight excluding hydrogens is 336 g/mol. The Labute approximate surface area is 161 Å². The molecule has 0 spiro atoms. The second-order valence-electron chi connectivity index (χ2n) is 7.10. The Balaban J connectivity index is 1.43. The van der Waals surface area contributed by atoms with Gasteiger partial charge in [-0.25, -0.2) is 9.67 Å². The van der Waals surface area contributed by atoms with Crippen LogP contribution in [0.3, 0.4) is 0 Å². The van der Waals surface area contributed by atoms with Crippen LogP contribution in [-0.4, -0.2) is 64.3 Å². The van der Waals surface area contributed by atoms with Crippen LogP contribution in [0.15, 0.2) is 59.9 Å². The van der Waals surface area contributed by atoms with Crippen molar-refractivity contribution in [3.05, 3.63) is 60.4 Å². The average molecular weight is 364 g/mol. The van der Waals surface area contributed by atoms with Crippen LogP contribution in [0.1, 0.15) is 18.9 Å². The van der Waals surface area contributed by atoms with E-state index in [9.17, 15) is 0 Å². The molecule has 0 saturated carbocycles. The summed E-state index contributed by atoms with van der Waals surface area (Å²) in [5.41, 5.74) is 2.26. The van der Waals surface area contributed by atoms with Crippen LogP contribution in [-0.2, 0) is 6.54 Å². The highest BCUT2D eigenvalue weighted by molar-refractivity contribution is 5.80. The van der Waals surface area contributed by atoms with Crippen molar-refractivity contribution in [1.82, 2.24) is 24.9 Å². The van der Waals surface area contributed by atoms with E-state index in [1.165, 1.54) is 12.0 Å². The first kappa shape index (κ1) is 17.8. The van der Waals surface area contributed by atoms with Crippen LogP contribution in [0.25, 0.3) is 5.69 Å². The van der Waals surface area contributed by atoms with Crippen molar-refractivity contribution in [2.45, 2.75) is 25.9 Å². The first-order chi connectivity index (χ1) is 13.3. The Hall–Kier alpha value is -2.60. The number of benzene rings is 1. The Bertz CT molecular complexity index is 787. The molecule has 2 aliphatic heterocycles. The third kappa shape index (κ3) is 4.22. The Kier molecular flexibility index (Phi) is 5.53. The number of aromatic nitrogens is 2. The smallest absolute Gasteiger partial charge is 0.194 e. The van der Waals surface area contributed by atoms with Gasteiger partial charge in [0.05, 0.1) is 12.2 Å². The molecule has 2 aliphatic rings. The van der Waals surface area contributed by atoms with Gasteiger partial charge in [0.1, 0.15) is 0 Å². The van der Waals surface area contributed by atoms with Crippen LogP contribution in [0.5, 0.6) is 0 Å². The molecule has 0 amide bonds. The molecular formula is C21H28N6. The standard InChI is InChI=1S/C21H28N6/c1-2-22-21(26-14-9-20(17-26)25-11-3-4-12-25)23-16-18-7-5-8-19(15-18)27-13-6-10-24-27/h3-8,10,13,15,20H,2,9,11-12,14,16-17H2,1H3,(H,22,23). The third-order valence-electron chi connectivity index (χ3n) is 5.25. The zero-order valence-electron chi connectivity index (χ0n) is 16.0. The zero-order valence-corrected chi connectivity index (χ0v) is 16.0. The molecule has 3 heterocycles. The van der Waals surface area contributed by atoms with Gasteiger partial charge in [0.15, 0.2) is 5.96 Å². The minimum atomic E-state index is 0.631. The summed E-state index contributed by atoms with van der Waals surface area (Å²) in [6, 6.07) is 11.0. The zero-order chi connectivity index (χ0) is 18.5. The van der Waals surface area contributed by atoms with E-state index in [4.69, 9.17) is 4.99 Å². The van der Waals surface area contributed by atoms with E-state index < -0.39 is 0 Å². The van der Waals surface area contributed by atoms with Crippen molar-refractivity contribution in [3.63, 3.8) is 0 Å². The van der Waals surface area contributed by atoms with E-state index in [0.29, 0.717) is 12.6 Å². The maximum atomic E-state index is 4.92. The number of rotatable bonds is 5. The molecule has 1 aromatic heterocycles. The fourth-order valence-corrected chi connectivity index (χ4v) is 3.84. The minimum absolute atomic E-state index is 0.631. The van der Waals surface area contributed by atoms with Crippen molar-refractivity contribution in [1.29, 1.82) is 0 Å². The molecule has 1 unspecified atom stereocenters. The number of nitrogens with zero attached hydrogens (tertiary/aromatic N) is 5. The number of aliphatic imine (C=N–C) groups is 1. The van der Waals surface area contributed by atoms with E-state index >= 15 is 0 Å². The van der Waals surface area contributed by atoms with Gasteiger partial charge >= 0.3 is 0 Å². The summed E-state index contributed by atoms with van der Waals surface area (Å²) in [7, 11) is 0. The normalized spacial score (nSPS) is 20.6. The van der Waals surface area contributed by atoms with Crippen LogP contribution in [0.2, 0.25) is 0 Å². The number of likely N-dealkylation sites (tertiary alicyclic amines) is 1. The third-order valence-corrected chi connectivity index (χ3v) is 5.25. The lowest BCUT2D eigenvalue weighted by molar-refractivity contribution is 0.259. The van der Waals surface area contributed by atoms with Gasteiger partial charge in [-0.2, -0.15) is 5.10 Å². The van der Waals surface area contributed by atoms with Crippen LogP contribution < -0.4 is 5.32 Å². The number of hydrogen-bond acceptors (Lipinski definition) is 3. The average Bonchev–Trinajstić information content (AvgIpc) is 3.46. The highest BCUT2D eigenvalue weighted by Crippen LogP contribution is 2.18. The molecule has 6 nitrogen and oxygen atoms in total. The fourth-order valence-electron chi connectivity index (χ4n) is 3.84. The lowest BCUT2D eigenvalue weighted by Gasteiger charge is -2.25. The summed E-state index contributed by atoms with van der Waals surface area (Å²) in [5, 5.41) is 7.78. The van der Waals surface area contributed by atoms with E-state index in [2.05, 4.69) is 63.6 Å². The molecule has 1 atom stereocenters. The molecule has 1 aromatic carbocycles. The van der Waals surface area contributed by atoms with Gasteiger partial charge in [-0.1, -0.05) is 24.3 Å². The van der Waals surface area contributed by atoms with Gasteiger partial charge < -0.3 is 10.2 Å². The van der Waals surface area contributed by atoms with Gasteiger partial charge in [-0.05, 0) is 37.1 Å². The molecule has 1 saturated heterocycles. The van der Waals surface area contributed by atoms with Gasteiger partial charge in [0, 0.05) is 51.2 Å². The molecule has 2 aromatic rings. The molecule has 4 rings (SSSR count). The topological polar surface area (TPSA) is 48.7 Å². The predicted molar refractivity (Wildman–Crippen MR) is 109 cm³/mol. The maximum absolute atomic E-state index is 4.92. The summed E-state index contributed by atoms with van der Waals surface area (Å²) < 4.78 is 1.88. The SMILES string of the molecule is CCNC(=NCc1cccc(-n2cccn2)c1)N1CCC(N2CC=CC2)C1. The van der Waals surface area contributed by atoms with E-state index in [1.54, 1.807) is 6.20 Å². The van der Waals surface area contributed by atoms with Crippen LogP contribution >= 0.6 is 0 Å². The van der Waals surface area contributed by atoms with Crippen LogP contribution in [0, 0.1) is 0 Å². The van der Waals surface area contributed by atoms with Crippen molar-refractivity contribution in [2.75, 3.05) is 32.7 Å². The maximum Gasteiger partial charge on any atom is 0.194 e. The molecule has 142 valence electrons. The first-order valence-corrected chi connectivity index (χ1v) is 9.85. The Morgan fingerprint density at radius 2 is 2.15 bits per heavy atom. The van der Waals surface area contributed by atoms with Gasteiger partial charge in [0.25, 0.3) is 0 Å². The number of guanidine groups is 1. The molecule has 0 aliphatic carbocycles. The molecule has 0 radical (unpaired) electrons. The van der Waals surface area contributed by atoms with Crippen molar-refractivity contribution in [2.24, 2.45) is 4.99 Å². The predicted octanol–water partition coefficient (Wildman–Crippen LogP) is 2.28. The highest BCUT2D eigenvalue weighted by Gasteiger charge is 2.29. The van der Waals surface area contributed by atoms with Crippen molar-refractivity contribution >= 4 is 5.96 Å². The second-order valence-corrected chi connectivity index (χ2v) is 7.10. The summed E-state index contributed by atoms with van der Waals surface area (Å²) in [5.74, 6) is 1.02. The number of hydrogen-bond donors (Lipinski definition) is 1. The first-order valence-electron chi connectivity index (χ1n) is 9.85. The molecule has 27 heavy (non-hydrogen) atoms. The van der Waals surface area contributed by atoms with Crippen LogP contribution in [0.4, 0.5) is 0 Å². The lowest BCUT2D eigenvalue weighted by Crippen LogP contribution is -2.42. The molecule has 1 fully saturated rings. The Morgan fingerprint density at radius 3 is 2.93 bits per heavy atom. The quantitative estimate of drug-likeness (QED) is 0.502. The second kappa shape index (κ2) is 8.39. The monoisotopic (exact) mass is 364 g/mol. The van der Waals surface area contributed by atoms with Crippen molar-refractivity contribution < 1.29 is 0 Å². The summed E-state index contributed by atoms with van der Waals surface area (Å²) in [6.45, 7) is 7.99. The lowest BCUT2D eigenvalue weighted by atomic mass is 10.2.